The number of hydrogen-bond donors (Lipinski definition) is 1. The zero-order valence-electron chi connectivity index (χ0n) is 12.4. The molecule has 1 aliphatic carbocycles. The minimum Gasteiger partial charge on any atom is -0.370 e. The monoisotopic (exact) mass is 267 g/mol. The molecule has 0 amide bonds. The predicted octanol–water partition coefficient (Wildman–Crippen LogP) is 4.07. The summed E-state index contributed by atoms with van der Waals surface area (Å²) >= 11 is 0. The lowest BCUT2D eigenvalue weighted by Gasteiger charge is -2.13. The zero-order valence-corrected chi connectivity index (χ0v) is 12.4. The van der Waals surface area contributed by atoms with Crippen LogP contribution in [-0.2, 0) is 0 Å². The Morgan fingerprint density at radius 2 is 2.00 bits per heavy atom. The fourth-order valence-electron chi connectivity index (χ4n) is 2.47. The van der Waals surface area contributed by atoms with Crippen LogP contribution in [0.1, 0.15) is 42.6 Å². The molecule has 0 radical (unpaired) electrons. The Morgan fingerprint density at radius 3 is 2.65 bits per heavy atom. The first-order valence-electron chi connectivity index (χ1n) is 7.38. The summed E-state index contributed by atoms with van der Waals surface area (Å²) in [6.45, 7) is 7.21. The number of rotatable bonds is 4. The van der Waals surface area contributed by atoms with Gasteiger partial charge in [-0.1, -0.05) is 23.8 Å². The molecule has 2 aromatic rings. The third-order valence-corrected chi connectivity index (χ3v) is 3.74. The van der Waals surface area contributed by atoms with Gasteiger partial charge in [-0.15, -0.1) is 0 Å². The van der Waals surface area contributed by atoms with E-state index in [-0.39, 0.29) is 0 Å². The lowest BCUT2D eigenvalue weighted by atomic mass is 10.0. The molecule has 3 nitrogen and oxygen atoms in total. The van der Waals surface area contributed by atoms with E-state index in [1.807, 2.05) is 0 Å². The molecule has 0 spiro atoms. The molecule has 1 aliphatic rings. The van der Waals surface area contributed by atoms with Crippen LogP contribution in [-0.4, -0.2) is 16.5 Å². The summed E-state index contributed by atoms with van der Waals surface area (Å²) in [6, 6.07) is 8.54. The van der Waals surface area contributed by atoms with Gasteiger partial charge >= 0.3 is 0 Å². The van der Waals surface area contributed by atoms with E-state index in [0.29, 0.717) is 5.92 Å². The van der Waals surface area contributed by atoms with Gasteiger partial charge in [0.05, 0.1) is 5.69 Å². The van der Waals surface area contributed by atoms with Crippen molar-refractivity contribution in [2.24, 2.45) is 0 Å². The second-order valence-electron chi connectivity index (χ2n) is 5.58. The Bertz CT molecular complexity index is 630. The van der Waals surface area contributed by atoms with Crippen molar-refractivity contribution in [1.82, 2.24) is 9.97 Å². The summed E-state index contributed by atoms with van der Waals surface area (Å²) in [7, 11) is 0. The van der Waals surface area contributed by atoms with Gasteiger partial charge in [0, 0.05) is 23.6 Å². The summed E-state index contributed by atoms with van der Waals surface area (Å²) in [5, 5.41) is 3.37. The fourth-order valence-corrected chi connectivity index (χ4v) is 2.47. The average Bonchev–Trinajstić information content (AvgIpc) is 3.26. The van der Waals surface area contributed by atoms with Crippen LogP contribution in [0.4, 0.5) is 5.82 Å². The first-order valence-corrected chi connectivity index (χ1v) is 7.38. The normalized spacial score (nSPS) is 14.3. The smallest absolute Gasteiger partial charge is 0.134 e. The van der Waals surface area contributed by atoms with E-state index in [1.165, 1.54) is 24.0 Å². The van der Waals surface area contributed by atoms with Crippen molar-refractivity contribution >= 4 is 5.82 Å². The molecule has 0 saturated heterocycles. The molecule has 1 N–H and O–H groups in total. The van der Waals surface area contributed by atoms with Gasteiger partial charge in [0.25, 0.3) is 0 Å². The van der Waals surface area contributed by atoms with E-state index < -0.39 is 0 Å². The number of nitrogens with one attached hydrogen (secondary N) is 1. The van der Waals surface area contributed by atoms with E-state index in [4.69, 9.17) is 9.97 Å². The maximum Gasteiger partial charge on any atom is 0.134 e. The number of anilines is 1. The maximum absolute atomic E-state index is 4.84. The molecular formula is C17H21N3. The average molecular weight is 267 g/mol. The van der Waals surface area contributed by atoms with Gasteiger partial charge in [0.2, 0.25) is 0 Å². The molecule has 0 atom stereocenters. The highest BCUT2D eigenvalue weighted by molar-refractivity contribution is 5.68. The highest BCUT2D eigenvalue weighted by atomic mass is 15.0. The highest BCUT2D eigenvalue weighted by Crippen LogP contribution is 2.40. The molecule has 1 aromatic carbocycles. The summed E-state index contributed by atoms with van der Waals surface area (Å²) in [5.74, 6) is 2.56. The van der Waals surface area contributed by atoms with Crippen molar-refractivity contribution in [3.63, 3.8) is 0 Å². The van der Waals surface area contributed by atoms with Crippen LogP contribution >= 0.6 is 0 Å². The number of nitrogens with zero attached hydrogens (tertiary/aromatic N) is 2. The predicted molar refractivity (Wildman–Crippen MR) is 83.1 cm³/mol. The molecule has 104 valence electrons. The Kier molecular flexibility index (Phi) is 3.43. The SMILES string of the molecule is CCNc1nc(C2CC2)nc(-c2cccc(C)c2)c1C. The van der Waals surface area contributed by atoms with Gasteiger partial charge in [-0.3, -0.25) is 0 Å². The van der Waals surface area contributed by atoms with Crippen molar-refractivity contribution in [3.8, 4) is 11.3 Å². The lowest BCUT2D eigenvalue weighted by Crippen LogP contribution is -2.07. The van der Waals surface area contributed by atoms with Gasteiger partial charge in [0.1, 0.15) is 11.6 Å². The maximum atomic E-state index is 4.84. The van der Waals surface area contributed by atoms with Gasteiger partial charge < -0.3 is 5.32 Å². The lowest BCUT2D eigenvalue weighted by molar-refractivity contribution is 0.918. The summed E-state index contributed by atoms with van der Waals surface area (Å²) in [5.41, 5.74) is 4.66. The van der Waals surface area contributed by atoms with Crippen LogP contribution < -0.4 is 5.32 Å². The van der Waals surface area contributed by atoms with Crippen molar-refractivity contribution in [2.75, 3.05) is 11.9 Å². The van der Waals surface area contributed by atoms with E-state index in [0.717, 1.165) is 29.4 Å². The van der Waals surface area contributed by atoms with E-state index in [9.17, 15) is 0 Å². The molecule has 1 aromatic heterocycles. The Morgan fingerprint density at radius 1 is 1.20 bits per heavy atom. The Hall–Kier alpha value is -1.90. The Labute approximate surface area is 120 Å². The van der Waals surface area contributed by atoms with E-state index >= 15 is 0 Å². The van der Waals surface area contributed by atoms with Crippen molar-refractivity contribution in [2.45, 2.75) is 39.5 Å². The second-order valence-corrected chi connectivity index (χ2v) is 5.58. The highest BCUT2D eigenvalue weighted by Gasteiger charge is 2.28. The van der Waals surface area contributed by atoms with Crippen LogP contribution in [0.3, 0.4) is 0 Å². The molecular weight excluding hydrogens is 246 g/mol. The summed E-state index contributed by atoms with van der Waals surface area (Å²) in [6.07, 6.45) is 2.45. The van der Waals surface area contributed by atoms with Crippen LogP contribution in [0, 0.1) is 13.8 Å². The van der Waals surface area contributed by atoms with Crippen LogP contribution in [0.2, 0.25) is 0 Å². The fraction of sp³-hybridized carbons (Fsp3) is 0.412. The van der Waals surface area contributed by atoms with Crippen molar-refractivity contribution < 1.29 is 0 Å². The minimum atomic E-state index is 0.566. The summed E-state index contributed by atoms with van der Waals surface area (Å²) < 4.78 is 0. The minimum absolute atomic E-state index is 0.566. The van der Waals surface area contributed by atoms with E-state index in [1.54, 1.807) is 0 Å². The number of benzene rings is 1. The molecule has 3 heteroatoms. The first-order chi connectivity index (χ1) is 9.69. The third-order valence-electron chi connectivity index (χ3n) is 3.74. The molecule has 0 unspecified atom stereocenters. The third kappa shape index (κ3) is 2.53. The van der Waals surface area contributed by atoms with Crippen LogP contribution in [0.15, 0.2) is 24.3 Å². The number of hydrogen-bond acceptors (Lipinski definition) is 3. The first kappa shape index (κ1) is 13.1. The molecule has 1 heterocycles. The number of aromatic nitrogens is 2. The van der Waals surface area contributed by atoms with Gasteiger partial charge in [0.15, 0.2) is 0 Å². The molecule has 20 heavy (non-hydrogen) atoms. The second kappa shape index (κ2) is 5.23. The molecule has 0 aliphatic heterocycles. The van der Waals surface area contributed by atoms with Gasteiger partial charge in [-0.05, 0) is 39.7 Å². The molecule has 3 rings (SSSR count). The molecule has 0 bridgehead atoms. The van der Waals surface area contributed by atoms with Gasteiger partial charge in [-0.2, -0.15) is 0 Å². The van der Waals surface area contributed by atoms with Crippen LogP contribution in [0.5, 0.6) is 0 Å². The number of aryl methyl sites for hydroxylation is 1. The standard InChI is InChI=1S/C17H21N3/c1-4-18-16-12(3)15(14-7-5-6-11(2)10-14)19-17(20-16)13-8-9-13/h5-7,10,13H,4,8-9H2,1-3H3,(H,18,19,20). The topological polar surface area (TPSA) is 37.8 Å². The van der Waals surface area contributed by atoms with Gasteiger partial charge in [-0.25, -0.2) is 9.97 Å². The quantitative estimate of drug-likeness (QED) is 0.907. The van der Waals surface area contributed by atoms with Crippen LogP contribution in [0.25, 0.3) is 11.3 Å². The Balaban J connectivity index is 2.12. The van der Waals surface area contributed by atoms with Crippen molar-refractivity contribution in [1.29, 1.82) is 0 Å². The largest absolute Gasteiger partial charge is 0.370 e. The molecule has 1 saturated carbocycles. The zero-order chi connectivity index (χ0) is 14.1. The van der Waals surface area contributed by atoms with E-state index in [2.05, 4.69) is 50.4 Å². The summed E-state index contributed by atoms with van der Waals surface area (Å²) in [4.78, 5) is 9.55. The van der Waals surface area contributed by atoms with Crippen molar-refractivity contribution in [3.05, 3.63) is 41.2 Å². The molecule has 1 fully saturated rings.